The van der Waals surface area contributed by atoms with Crippen molar-refractivity contribution >= 4 is 17.4 Å². The molecule has 2 heterocycles. The molecule has 3 rings (SSSR count). The summed E-state index contributed by atoms with van der Waals surface area (Å²) in [4.78, 5) is 18.7. The molecule has 1 fully saturated rings. The molecular weight excluding hydrogens is 346 g/mol. The molecule has 1 saturated heterocycles. The molecule has 7 nitrogen and oxygen atoms in total. The van der Waals surface area contributed by atoms with Crippen LogP contribution in [0.15, 0.2) is 42.6 Å². The van der Waals surface area contributed by atoms with Gasteiger partial charge in [0.2, 0.25) is 5.91 Å². The van der Waals surface area contributed by atoms with Gasteiger partial charge in [0.05, 0.1) is 38.8 Å². The molecule has 144 valence electrons. The van der Waals surface area contributed by atoms with Gasteiger partial charge < -0.3 is 24.4 Å². The molecule has 0 unspecified atom stereocenters. The third kappa shape index (κ3) is 5.86. The van der Waals surface area contributed by atoms with E-state index in [4.69, 9.17) is 14.2 Å². The van der Waals surface area contributed by atoms with Crippen molar-refractivity contribution in [2.45, 2.75) is 12.8 Å². The molecule has 0 spiro atoms. The number of morpholine rings is 1. The van der Waals surface area contributed by atoms with Crippen molar-refractivity contribution in [3.63, 3.8) is 0 Å². The van der Waals surface area contributed by atoms with E-state index in [0.29, 0.717) is 25.1 Å². The molecule has 1 aliphatic rings. The van der Waals surface area contributed by atoms with Crippen LogP contribution in [0.2, 0.25) is 0 Å². The van der Waals surface area contributed by atoms with Crippen LogP contribution >= 0.6 is 0 Å². The fraction of sp³-hybridized carbons (Fsp3) is 0.400. The first-order chi connectivity index (χ1) is 13.2. The average molecular weight is 371 g/mol. The van der Waals surface area contributed by atoms with E-state index in [9.17, 15) is 4.79 Å². The Balaban J connectivity index is 1.37. The van der Waals surface area contributed by atoms with Crippen molar-refractivity contribution in [1.82, 2.24) is 4.98 Å². The number of anilines is 2. The monoisotopic (exact) mass is 371 g/mol. The number of ether oxygens (including phenoxy) is 3. The number of benzene rings is 1. The van der Waals surface area contributed by atoms with Gasteiger partial charge in [0.25, 0.3) is 0 Å². The summed E-state index contributed by atoms with van der Waals surface area (Å²) in [5.41, 5.74) is 0.702. The number of aromatic nitrogens is 1. The summed E-state index contributed by atoms with van der Waals surface area (Å²) in [7, 11) is 1.63. The van der Waals surface area contributed by atoms with E-state index in [1.165, 1.54) is 0 Å². The van der Waals surface area contributed by atoms with E-state index in [2.05, 4.69) is 15.2 Å². The van der Waals surface area contributed by atoms with Crippen LogP contribution in [-0.4, -0.2) is 50.9 Å². The molecule has 7 heteroatoms. The maximum atomic E-state index is 12.1. The summed E-state index contributed by atoms with van der Waals surface area (Å²) in [6, 6.07) is 11.2. The second-order valence-corrected chi connectivity index (χ2v) is 6.18. The molecule has 0 radical (unpaired) electrons. The summed E-state index contributed by atoms with van der Waals surface area (Å²) in [6.45, 7) is 3.60. The Morgan fingerprint density at radius 1 is 1.15 bits per heavy atom. The minimum absolute atomic E-state index is 0.0470. The number of methoxy groups -OCH3 is 1. The third-order valence-electron chi connectivity index (χ3n) is 4.24. The lowest BCUT2D eigenvalue weighted by atomic mass is 10.3. The van der Waals surface area contributed by atoms with Gasteiger partial charge in [0, 0.05) is 19.5 Å². The average Bonchev–Trinajstić information content (AvgIpc) is 2.73. The highest BCUT2D eigenvalue weighted by Crippen LogP contribution is 2.18. The van der Waals surface area contributed by atoms with Gasteiger partial charge in [-0.2, -0.15) is 0 Å². The van der Waals surface area contributed by atoms with E-state index in [-0.39, 0.29) is 5.91 Å². The van der Waals surface area contributed by atoms with Crippen LogP contribution in [0.1, 0.15) is 12.8 Å². The number of carbonyl (C=O) groups is 1. The molecule has 0 saturated carbocycles. The molecule has 1 N–H and O–H groups in total. The van der Waals surface area contributed by atoms with Gasteiger partial charge in [-0.1, -0.05) is 0 Å². The predicted molar refractivity (Wildman–Crippen MR) is 104 cm³/mol. The Hall–Kier alpha value is -2.80. The van der Waals surface area contributed by atoms with Crippen LogP contribution in [0.5, 0.6) is 11.5 Å². The summed E-state index contributed by atoms with van der Waals surface area (Å²) in [6.07, 6.45) is 2.72. The van der Waals surface area contributed by atoms with Crippen LogP contribution in [0, 0.1) is 0 Å². The zero-order valence-corrected chi connectivity index (χ0v) is 15.5. The summed E-state index contributed by atoms with van der Waals surface area (Å²) >= 11 is 0. The van der Waals surface area contributed by atoms with Crippen molar-refractivity contribution in [2.75, 3.05) is 50.2 Å². The van der Waals surface area contributed by atoms with Crippen LogP contribution in [0.25, 0.3) is 0 Å². The Morgan fingerprint density at radius 3 is 2.56 bits per heavy atom. The maximum absolute atomic E-state index is 12.1. The summed E-state index contributed by atoms with van der Waals surface area (Å²) in [5.74, 6) is 2.41. The van der Waals surface area contributed by atoms with Crippen LogP contribution in [-0.2, 0) is 9.53 Å². The molecule has 2 aromatic rings. The smallest absolute Gasteiger partial charge is 0.224 e. The number of nitrogens with zero attached hydrogens (tertiary/aromatic N) is 2. The standard InChI is InChI=1S/C20H25N3O4/c1-25-17-5-7-18(8-6-17)27-12-2-3-20(24)22-16-4-9-19(21-15-16)23-10-13-26-14-11-23/h4-9,15H,2-3,10-14H2,1H3,(H,22,24). The number of carbonyl (C=O) groups excluding carboxylic acids is 1. The van der Waals surface area contributed by atoms with Crippen molar-refractivity contribution < 1.29 is 19.0 Å². The number of nitrogens with one attached hydrogen (secondary N) is 1. The van der Waals surface area contributed by atoms with Gasteiger partial charge in [0.15, 0.2) is 0 Å². The number of hydrogen-bond acceptors (Lipinski definition) is 6. The van der Waals surface area contributed by atoms with E-state index in [0.717, 1.165) is 43.6 Å². The first kappa shape index (κ1) is 19.0. The fourth-order valence-corrected chi connectivity index (χ4v) is 2.76. The van der Waals surface area contributed by atoms with E-state index < -0.39 is 0 Å². The molecule has 1 aliphatic heterocycles. The summed E-state index contributed by atoms with van der Waals surface area (Å²) in [5, 5.41) is 2.87. The van der Waals surface area contributed by atoms with Gasteiger partial charge in [-0.25, -0.2) is 4.98 Å². The lowest BCUT2D eigenvalue weighted by Crippen LogP contribution is -2.36. The van der Waals surface area contributed by atoms with Gasteiger partial charge >= 0.3 is 0 Å². The minimum atomic E-state index is -0.0470. The van der Waals surface area contributed by atoms with E-state index in [1.54, 1.807) is 13.3 Å². The summed E-state index contributed by atoms with van der Waals surface area (Å²) < 4.78 is 16.1. The largest absolute Gasteiger partial charge is 0.497 e. The normalized spacial score (nSPS) is 13.9. The van der Waals surface area contributed by atoms with Crippen LogP contribution < -0.4 is 19.7 Å². The molecule has 1 aromatic carbocycles. The highest BCUT2D eigenvalue weighted by atomic mass is 16.5. The van der Waals surface area contributed by atoms with Crippen molar-refractivity contribution in [1.29, 1.82) is 0 Å². The zero-order valence-electron chi connectivity index (χ0n) is 15.5. The van der Waals surface area contributed by atoms with Gasteiger partial charge in [-0.05, 0) is 42.8 Å². The Morgan fingerprint density at radius 2 is 1.89 bits per heavy atom. The third-order valence-corrected chi connectivity index (χ3v) is 4.24. The number of pyridine rings is 1. The molecule has 0 bridgehead atoms. The van der Waals surface area contributed by atoms with Crippen molar-refractivity contribution in [3.8, 4) is 11.5 Å². The van der Waals surface area contributed by atoms with Gasteiger partial charge in [-0.15, -0.1) is 0 Å². The minimum Gasteiger partial charge on any atom is -0.497 e. The van der Waals surface area contributed by atoms with E-state index >= 15 is 0 Å². The first-order valence-electron chi connectivity index (χ1n) is 9.10. The highest BCUT2D eigenvalue weighted by Gasteiger charge is 2.12. The Labute approximate surface area is 159 Å². The lowest BCUT2D eigenvalue weighted by molar-refractivity contribution is -0.116. The van der Waals surface area contributed by atoms with E-state index in [1.807, 2.05) is 36.4 Å². The first-order valence-corrected chi connectivity index (χ1v) is 9.10. The topological polar surface area (TPSA) is 72.9 Å². The van der Waals surface area contributed by atoms with Crippen LogP contribution in [0.3, 0.4) is 0 Å². The molecule has 1 amide bonds. The maximum Gasteiger partial charge on any atom is 0.224 e. The highest BCUT2D eigenvalue weighted by molar-refractivity contribution is 5.90. The SMILES string of the molecule is COc1ccc(OCCCC(=O)Nc2ccc(N3CCOCC3)nc2)cc1. The molecule has 0 aliphatic carbocycles. The zero-order chi connectivity index (χ0) is 18.9. The lowest BCUT2D eigenvalue weighted by Gasteiger charge is -2.27. The quantitative estimate of drug-likeness (QED) is 0.720. The fourth-order valence-electron chi connectivity index (χ4n) is 2.76. The van der Waals surface area contributed by atoms with Crippen LogP contribution in [0.4, 0.5) is 11.5 Å². The number of rotatable bonds is 8. The molecule has 0 atom stereocenters. The number of hydrogen-bond donors (Lipinski definition) is 1. The predicted octanol–water partition coefficient (Wildman–Crippen LogP) is 2.72. The van der Waals surface area contributed by atoms with Gasteiger partial charge in [-0.3, -0.25) is 4.79 Å². The van der Waals surface area contributed by atoms with Crippen molar-refractivity contribution in [3.05, 3.63) is 42.6 Å². The molecule has 27 heavy (non-hydrogen) atoms. The second kappa shape index (κ2) is 9.78. The molecular formula is C20H25N3O4. The second-order valence-electron chi connectivity index (χ2n) is 6.18. The number of amides is 1. The Bertz CT molecular complexity index is 713. The van der Waals surface area contributed by atoms with Crippen molar-refractivity contribution in [2.24, 2.45) is 0 Å². The Kier molecular flexibility index (Phi) is 6.87. The molecule has 1 aromatic heterocycles. The van der Waals surface area contributed by atoms with Gasteiger partial charge in [0.1, 0.15) is 17.3 Å².